The summed E-state index contributed by atoms with van der Waals surface area (Å²) < 4.78 is 56.0. The molecule has 4 N–H and O–H groups in total. The molecule has 12 heteroatoms. The second-order valence-corrected chi connectivity index (χ2v) is 9.17. The van der Waals surface area contributed by atoms with Gasteiger partial charge >= 0.3 is 0 Å². The Balaban J connectivity index is 1.91. The molecule has 8 nitrogen and oxygen atoms in total. The van der Waals surface area contributed by atoms with Crippen LogP contribution in [0.3, 0.4) is 0 Å². The van der Waals surface area contributed by atoms with Crippen molar-refractivity contribution in [3.63, 3.8) is 0 Å². The molecule has 2 aromatic carbocycles. The van der Waals surface area contributed by atoms with Crippen LogP contribution in [-0.2, 0) is 10.0 Å². The third-order valence-corrected chi connectivity index (χ3v) is 6.28. The van der Waals surface area contributed by atoms with E-state index in [2.05, 4.69) is 25.6 Å². The first-order valence-electron chi connectivity index (χ1n) is 9.57. The van der Waals surface area contributed by atoms with E-state index in [9.17, 15) is 17.2 Å². The first-order valence-corrected chi connectivity index (χ1v) is 11.4. The van der Waals surface area contributed by atoms with E-state index in [-0.39, 0.29) is 16.5 Å². The number of aromatic nitrogens is 2. The molecule has 0 unspecified atom stereocenters. The lowest BCUT2D eigenvalue weighted by Gasteiger charge is -2.23. The Morgan fingerprint density at radius 3 is 2.56 bits per heavy atom. The number of hydrogen-bond acceptors (Lipinski definition) is 6. The summed E-state index contributed by atoms with van der Waals surface area (Å²) in [6, 6.07) is 7.56. The van der Waals surface area contributed by atoms with Gasteiger partial charge in [0.15, 0.2) is 5.82 Å². The zero-order chi connectivity index (χ0) is 23.5. The Kier molecular flexibility index (Phi) is 7.22. The summed E-state index contributed by atoms with van der Waals surface area (Å²) in [5, 5.41) is 12.3. The number of likely N-dealkylation sites (N-methyl/N-ethyl adjacent to an activating group) is 2. The van der Waals surface area contributed by atoms with Crippen LogP contribution in [0.15, 0.2) is 41.3 Å². The number of sulfonamides is 1. The molecule has 1 heterocycles. The van der Waals surface area contributed by atoms with Gasteiger partial charge in [0, 0.05) is 38.0 Å². The molecule has 0 aliphatic carbocycles. The lowest BCUT2D eigenvalue weighted by Crippen LogP contribution is -2.27. The number of nitrogens with zero attached hydrogens (tertiary/aromatic N) is 2. The van der Waals surface area contributed by atoms with Gasteiger partial charge in [-0.05, 0) is 38.2 Å². The van der Waals surface area contributed by atoms with E-state index in [1.165, 1.54) is 24.3 Å². The molecule has 172 valence electrons. The number of nitrogens with one attached hydrogen (secondary N) is 4. The average Bonchev–Trinajstić information content (AvgIpc) is 3.13. The highest BCUT2D eigenvalue weighted by atomic mass is 35.5. The minimum Gasteiger partial charge on any atom is -0.372 e. The van der Waals surface area contributed by atoms with E-state index in [1.807, 2.05) is 4.90 Å². The number of rotatable bonds is 9. The smallest absolute Gasteiger partial charge is 0.266 e. The third kappa shape index (κ3) is 5.47. The molecule has 1 aromatic heterocycles. The van der Waals surface area contributed by atoms with Gasteiger partial charge in [-0.3, -0.25) is 9.82 Å². The molecule has 3 aromatic rings. The highest BCUT2D eigenvalue weighted by Gasteiger charge is 2.23. The van der Waals surface area contributed by atoms with Gasteiger partial charge in [0.2, 0.25) is 0 Å². The molecular weight excluding hydrogens is 462 g/mol. The molecular formula is C20H23ClF2N6O2S. The van der Waals surface area contributed by atoms with E-state index in [4.69, 9.17) is 11.6 Å². The number of hydrogen-bond donors (Lipinski definition) is 4. The van der Waals surface area contributed by atoms with Crippen molar-refractivity contribution in [2.45, 2.75) is 11.8 Å². The van der Waals surface area contributed by atoms with E-state index >= 15 is 0 Å². The Morgan fingerprint density at radius 1 is 1.16 bits per heavy atom. The van der Waals surface area contributed by atoms with Crippen LogP contribution < -0.4 is 20.3 Å². The summed E-state index contributed by atoms with van der Waals surface area (Å²) in [5.41, 5.74) is 1.78. The molecule has 0 saturated carbocycles. The van der Waals surface area contributed by atoms with Crippen LogP contribution in [0.1, 0.15) is 5.69 Å². The van der Waals surface area contributed by atoms with Gasteiger partial charge in [0.25, 0.3) is 10.0 Å². The van der Waals surface area contributed by atoms with Gasteiger partial charge in [0.05, 0.1) is 22.1 Å². The molecule has 0 spiro atoms. The van der Waals surface area contributed by atoms with E-state index in [0.717, 1.165) is 12.1 Å². The molecule has 32 heavy (non-hydrogen) atoms. The van der Waals surface area contributed by atoms with E-state index < -0.39 is 26.6 Å². The van der Waals surface area contributed by atoms with Gasteiger partial charge in [-0.2, -0.15) is 5.10 Å². The van der Waals surface area contributed by atoms with Crippen molar-refractivity contribution in [2.24, 2.45) is 0 Å². The van der Waals surface area contributed by atoms with Crippen LogP contribution in [-0.4, -0.2) is 45.8 Å². The minimum absolute atomic E-state index is 0.0285. The number of aromatic amines is 1. The summed E-state index contributed by atoms with van der Waals surface area (Å²) >= 11 is 6.27. The fourth-order valence-corrected chi connectivity index (χ4v) is 4.32. The maximum absolute atomic E-state index is 14.8. The molecule has 0 saturated heterocycles. The second kappa shape index (κ2) is 9.72. The third-order valence-electron chi connectivity index (χ3n) is 4.59. The van der Waals surface area contributed by atoms with Gasteiger partial charge in [0.1, 0.15) is 16.5 Å². The predicted molar refractivity (Wildman–Crippen MR) is 122 cm³/mol. The fraction of sp³-hybridized carbons (Fsp3) is 0.250. The summed E-state index contributed by atoms with van der Waals surface area (Å²) in [6.07, 6.45) is 0. The number of halogens is 3. The van der Waals surface area contributed by atoms with Crippen molar-refractivity contribution in [3.8, 4) is 0 Å². The Labute approximate surface area is 190 Å². The SMILES string of the molecule is CNCCN(C)c1cc(F)ccc1Nc1cc(F)c(S(=O)(=O)Nc2cc(C)[nH]n2)cc1Cl. The van der Waals surface area contributed by atoms with Crippen LogP contribution in [0, 0.1) is 18.6 Å². The van der Waals surface area contributed by atoms with Crippen molar-refractivity contribution < 1.29 is 17.2 Å². The number of aryl methyl sites for hydroxylation is 1. The molecule has 0 atom stereocenters. The standard InChI is InChI=1S/C20H23ClF2N6O2S/c1-12-8-20(27-26-12)28-32(30,31)19-10-14(21)17(11-15(19)23)25-16-5-4-13(22)9-18(16)29(3)7-6-24-2/h4-5,8-11,24-25H,6-7H2,1-3H3,(H2,26,27,28). The minimum atomic E-state index is -4.26. The lowest BCUT2D eigenvalue weighted by molar-refractivity contribution is 0.570. The first kappa shape index (κ1) is 23.8. The van der Waals surface area contributed by atoms with Crippen LogP contribution in [0.5, 0.6) is 0 Å². The Hall–Kier alpha value is -2.89. The summed E-state index contributed by atoms with van der Waals surface area (Å²) in [6.45, 7) is 2.95. The van der Waals surface area contributed by atoms with Gasteiger partial charge in [-0.1, -0.05) is 11.6 Å². The number of H-pyrrole nitrogens is 1. The van der Waals surface area contributed by atoms with E-state index in [1.54, 1.807) is 21.0 Å². The highest BCUT2D eigenvalue weighted by molar-refractivity contribution is 7.92. The second-order valence-electron chi connectivity index (χ2n) is 7.12. The summed E-state index contributed by atoms with van der Waals surface area (Å²) in [7, 11) is -0.671. The zero-order valence-corrected chi connectivity index (χ0v) is 19.2. The number of benzene rings is 2. The van der Waals surface area contributed by atoms with Crippen LogP contribution in [0.4, 0.5) is 31.7 Å². The van der Waals surface area contributed by atoms with Crippen LogP contribution in [0.2, 0.25) is 5.02 Å². The average molecular weight is 485 g/mol. The number of anilines is 4. The van der Waals surface area contributed by atoms with Crippen molar-refractivity contribution >= 4 is 44.5 Å². The molecule has 0 aliphatic heterocycles. The molecule has 0 radical (unpaired) electrons. The molecule has 3 rings (SSSR count). The first-order chi connectivity index (χ1) is 15.1. The Morgan fingerprint density at radius 2 is 1.91 bits per heavy atom. The maximum atomic E-state index is 14.8. The molecule has 0 fully saturated rings. The topological polar surface area (TPSA) is 102 Å². The van der Waals surface area contributed by atoms with Gasteiger partial charge in [-0.15, -0.1) is 0 Å². The fourth-order valence-electron chi connectivity index (χ4n) is 2.96. The normalized spacial score (nSPS) is 11.4. The highest BCUT2D eigenvalue weighted by Crippen LogP contribution is 2.34. The summed E-state index contributed by atoms with van der Waals surface area (Å²) in [5.74, 6) is -1.41. The van der Waals surface area contributed by atoms with Crippen molar-refractivity contribution in [2.75, 3.05) is 42.1 Å². The molecule has 0 amide bonds. The molecule has 0 aliphatic rings. The molecule has 0 bridgehead atoms. The quantitative estimate of drug-likeness (QED) is 0.368. The summed E-state index contributed by atoms with van der Waals surface area (Å²) in [4.78, 5) is 1.19. The van der Waals surface area contributed by atoms with Gasteiger partial charge < -0.3 is 15.5 Å². The predicted octanol–water partition coefficient (Wildman–Crippen LogP) is 3.85. The van der Waals surface area contributed by atoms with Crippen LogP contribution in [0.25, 0.3) is 0 Å². The van der Waals surface area contributed by atoms with E-state index in [0.29, 0.717) is 30.2 Å². The largest absolute Gasteiger partial charge is 0.372 e. The van der Waals surface area contributed by atoms with Crippen molar-refractivity contribution in [1.29, 1.82) is 0 Å². The zero-order valence-electron chi connectivity index (χ0n) is 17.6. The van der Waals surface area contributed by atoms with Gasteiger partial charge in [-0.25, -0.2) is 17.2 Å². The monoisotopic (exact) mass is 484 g/mol. The van der Waals surface area contributed by atoms with Crippen molar-refractivity contribution in [1.82, 2.24) is 15.5 Å². The van der Waals surface area contributed by atoms with Crippen LogP contribution >= 0.6 is 11.6 Å². The maximum Gasteiger partial charge on any atom is 0.266 e. The van der Waals surface area contributed by atoms with Crippen molar-refractivity contribution in [3.05, 3.63) is 58.7 Å². The Bertz CT molecular complexity index is 1220. The lowest BCUT2D eigenvalue weighted by atomic mass is 10.2.